The molecule has 2 aromatic carbocycles. The second kappa shape index (κ2) is 9.76. The third-order valence-corrected chi connectivity index (χ3v) is 6.43. The van der Waals surface area contributed by atoms with Crippen LogP contribution in [0.25, 0.3) is 11.1 Å². The Hall–Kier alpha value is -3.17. The van der Waals surface area contributed by atoms with E-state index in [2.05, 4.69) is 5.32 Å². The minimum Gasteiger partial charge on any atom is -0.407 e. The van der Waals surface area contributed by atoms with Crippen molar-refractivity contribution in [1.82, 2.24) is 9.88 Å². The molecule has 1 aliphatic rings. The number of benzene rings is 2. The van der Waals surface area contributed by atoms with Crippen LogP contribution in [-0.2, 0) is 21.5 Å². The molecule has 0 spiro atoms. The lowest BCUT2D eigenvalue weighted by Crippen LogP contribution is -2.44. The minimum atomic E-state index is -0.602. The number of hydrogen-bond acceptors (Lipinski definition) is 6. The lowest BCUT2D eigenvalue weighted by Gasteiger charge is -2.38. The van der Waals surface area contributed by atoms with Gasteiger partial charge in [-0.2, -0.15) is 0 Å². The van der Waals surface area contributed by atoms with Gasteiger partial charge >= 0.3 is 5.76 Å². The van der Waals surface area contributed by atoms with Crippen LogP contribution in [0.2, 0.25) is 5.02 Å². The van der Waals surface area contributed by atoms with Gasteiger partial charge in [0.05, 0.1) is 16.5 Å². The van der Waals surface area contributed by atoms with E-state index in [4.69, 9.17) is 20.8 Å². The molecule has 1 fully saturated rings. The fourth-order valence-electron chi connectivity index (χ4n) is 4.27. The van der Waals surface area contributed by atoms with Gasteiger partial charge in [0.25, 0.3) is 5.69 Å². The van der Waals surface area contributed by atoms with Crippen LogP contribution in [0.4, 0.5) is 5.69 Å². The molecular weight excluding hydrogens is 450 g/mol. The van der Waals surface area contributed by atoms with Gasteiger partial charge in [-0.1, -0.05) is 23.7 Å². The smallest absolute Gasteiger partial charge is 0.407 e. The molecule has 4 rings (SSSR count). The molecule has 2 heterocycles. The normalized spacial score (nSPS) is 15.4. The van der Waals surface area contributed by atoms with Gasteiger partial charge in [0, 0.05) is 49.2 Å². The van der Waals surface area contributed by atoms with Gasteiger partial charge in [0.15, 0.2) is 5.58 Å². The number of nitrogens with zero attached hydrogens (tertiary/aromatic N) is 2. The number of carbonyl (C=O) groups is 1. The Kier molecular flexibility index (Phi) is 6.80. The van der Waals surface area contributed by atoms with Gasteiger partial charge in [0.1, 0.15) is 0 Å². The number of nitrogens with one attached hydrogen (secondary N) is 1. The number of nitro groups is 1. The molecule has 1 aliphatic heterocycles. The topological polar surface area (TPSA) is 117 Å². The Bertz CT molecular complexity index is 1210. The maximum Gasteiger partial charge on any atom is 0.419 e. The number of non-ortho nitro benzene ring substituents is 1. The molecule has 33 heavy (non-hydrogen) atoms. The van der Waals surface area contributed by atoms with Crippen LogP contribution in [0.3, 0.4) is 0 Å². The lowest BCUT2D eigenvalue weighted by molar-refractivity contribution is -0.384. The van der Waals surface area contributed by atoms with Crippen molar-refractivity contribution in [3.05, 3.63) is 73.7 Å². The Morgan fingerprint density at radius 2 is 1.91 bits per heavy atom. The van der Waals surface area contributed by atoms with E-state index < -0.39 is 10.7 Å². The highest BCUT2D eigenvalue weighted by Gasteiger charge is 2.34. The van der Waals surface area contributed by atoms with Crippen LogP contribution in [0.5, 0.6) is 0 Å². The predicted molar refractivity (Wildman–Crippen MR) is 123 cm³/mol. The molecule has 0 bridgehead atoms. The van der Waals surface area contributed by atoms with E-state index in [0.717, 1.165) is 18.4 Å². The number of aromatic nitrogens is 1. The molecule has 1 amide bonds. The number of hydrogen-bond donors (Lipinski definition) is 1. The average molecular weight is 474 g/mol. The third-order valence-electron chi connectivity index (χ3n) is 6.18. The summed E-state index contributed by atoms with van der Waals surface area (Å²) in [5.41, 5.74) is 1.40. The molecule has 1 aromatic heterocycles. The summed E-state index contributed by atoms with van der Waals surface area (Å²) in [7, 11) is 0. The van der Waals surface area contributed by atoms with Crippen molar-refractivity contribution in [3.63, 3.8) is 0 Å². The number of rotatable bonds is 8. The van der Waals surface area contributed by atoms with Crippen LogP contribution in [-0.4, -0.2) is 35.2 Å². The van der Waals surface area contributed by atoms with Crippen molar-refractivity contribution in [1.29, 1.82) is 0 Å². The van der Waals surface area contributed by atoms with Crippen molar-refractivity contribution >= 4 is 34.3 Å². The van der Waals surface area contributed by atoms with Gasteiger partial charge in [-0.3, -0.25) is 19.5 Å². The second-order valence-electron chi connectivity index (χ2n) is 8.21. The number of carbonyl (C=O) groups excluding carboxylic acids is 1. The molecule has 0 aliphatic carbocycles. The zero-order chi connectivity index (χ0) is 23.4. The highest BCUT2D eigenvalue weighted by Crippen LogP contribution is 2.35. The van der Waals surface area contributed by atoms with Crippen LogP contribution < -0.4 is 11.1 Å². The molecule has 10 heteroatoms. The summed E-state index contributed by atoms with van der Waals surface area (Å²) in [5, 5.41) is 14.6. The molecule has 3 aromatic rings. The van der Waals surface area contributed by atoms with Crippen LogP contribution in [0, 0.1) is 10.1 Å². The number of halogens is 1. The van der Waals surface area contributed by atoms with E-state index in [9.17, 15) is 19.7 Å². The molecule has 174 valence electrons. The molecule has 9 nitrogen and oxygen atoms in total. The summed E-state index contributed by atoms with van der Waals surface area (Å²) >= 11 is 6.04. The highest BCUT2D eigenvalue weighted by molar-refractivity contribution is 6.30. The Labute approximate surface area is 194 Å². The summed E-state index contributed by atoms with van der Waals surface area (Å²) in [5.74, 6) is -0.707. The number of ether oxygens (including phenoxy) is 1. The quantitative estimate of drug-likeness (QED) is 0.393. The summed E-state index contributed by atoms with van der Waals surface area (Å²) < 4.78 is 12.0. The van der Waals surface area contributed by atoms with Crippen molar-refractivity contribution in [2.45, 2.75) is 37.6 Å². The summed E-state index contributed by atoms with van der Waals surface area (Å²) in [6, 6.07) is 11.8. The Morgan fingerprint density at radius 1 is 1.18 bits per heavy atom. The average Bonchev–Trinajstić information content (AvgIpc) is 3.13. The summed E-state index contributed by atoms with van der Waals surface area (Å²) in [4.78, 5) is 35.1. The van der Waals surface area contributed by atoms with Crippen molar-refractivity contribution < 1.29 is 18.9 Å². The third kappa shape index (κ3) is 5.09. The Morgan fingerprint density at radius 3 is 2.61 bits per heavy atom. The van der Waals surface area contributed by atoms with E-state index >= 15 is 0 Å². The number of fused-ring (bicyclic) bond motifs is 1. The Balaban J connectivity index is 1.36. The van der Waals surface area contributed by atoms with Gasteiger partial charge in [-0.05, 0) is 43.0 Å². The molecule has 0 saturated carbocycles. The number of aryl methyl sites for hydroxylation is 1. The predicted octanol–water partition coefficient (Wildman–Crippen LogP) is 3.80. The van der Waals surface area contributed by atoms with Crippen LogP contribution in [0.15, 0.2) is 51.7 Å². The van der Waals surface area contributed by atoms with Gasteiger partial charge in [-0.25, -0.2) is 4.79 Å². The van der Waals surface area contributed by atoms with E-state index in [1.165, 1.54) is 22.8 Å². The zero-order valence-electron chi connectivity index (χ0n) is 17.9. The number of nitro benzene ring substituents is 1. The molecule has 1 saturated heterocycles. The van der Waals surface area contributed by atoms with Gasteiger partial charge in [-0.15, -0.1) is 0 Å². The first kappa shape index (κ1) is 23.0. The fraction of sp³-hybridized carbons (Fsp3) is 0.391. The first-order valence-electron chi connectivity index (χ1n) is 10.8. The maximum atomic E-state index is 12.6. The van der Waals surface area contributed by atoms with Crippen LogP contribution >= 0.6 is 11.6 Å². The maximum absolute atomic E-state index is 12.6. The van der Waals surface area contributed by atoms with Gasteiger partial charge in [0.2, 0.25) is 5.91 Å². The second-order valence-corrected chi connectivity index (χ2v) is 8.65. The lowest BCUT2D eigenvalue weighted by atomic mass is 9.74. The largest absolute Gasteiger partial charge is 0.419 e. The zero-order valence-corrected chi connectivity index (χ0v) is 18.7. The van der Waals surface area contributed by atoms with Crippen molar-refractivity contribution in [2.24, 2.45) is 0 Å². The van der Waals surface area contributed by atoms with Gasteiger partial charge < -0.3 is 14.5 Å². The van der Waals surface area contributed by atoms with Crippen LogP contribution in [0.1, 0.15) is 31.2 Å². The SMILES string of the molecule is O=C(CCCn1c(=O)oc2cc([N+](=O)[O-])ccc21)NCC1(c2ccc(Cl)cc2)CCOCC1. The highest BCUT2D eigenvalue weighted by atomic mass is 35.5. The number of amides is 1. The number of oxazole rings is 1. The minimum absolute atomic E-state index is 0.105. The molecule has 0 unspecified atom stereocenters. The van der Waals surface area contributed by atoms with Crippen molar-refractivity contribution in [2.75, 3.05) is 19.8 Å². The van der Waals surface area contributed by atoms with E-state index in [1.807, 2.05) is 24.3 Å². The molecule has 1 N–H and O–H groups in total. The standard InChI is InChI=1S/C23H24ClN3O6/c24-17-5-3-16(4-6-17)23(9-12-32-13-10-23)15-25-21(28)2-1-11-26-19-8-7-18(27(30)31)14-20(19)33-22(26)29/h3-8,14H,1-2,9-13,15H2,(H,25,28). The molecule has 0 radical (unpaired) electrons. The first-order chi connectivity index (χ1) is 15.9. The van der Waals surface area contributed by atoms with E-state index in [-0.39, 0.29) is 35.6 Å². The fourth-order valence-corrected chi connectivity index (χ4v) is 4.39. The summed E-state index contributed by atoms with van der Waals surface area (Å²) in [6.07, 6.45) is 2.27. The van der Waals surface area contributed by atoms with E-state index in [1.54, 1.807) is 0 Å². The molecule has 0 atom stereocenters. The monoisotopic (exact) mass is 473 g/mol. The molecular formula is C23H24ClN3O6. The van der Waals surface area contributed by atoms with Crippen molar-refractivity contribution in [3.8, 4) is 0 Å². The van der Waals surface area contributed by atoms with E-state index in [0.29, 0.717) is 36.7 Å². The summed E-state index contributed by atoms with van der Waals surface area (Å²) in [6.45, 7) is 2.03. The first-order valence-corrected chi connectivity index (χ1v) is 11.1.